The molecule has 8 heavy (non-hydrogen) atoms. The van der Waals surface area contributed by atoms with Crippen LogP contribution in [0, 0.1) is 11.3 Å². The summed E-state index contributed by atoms with van der Waals surface area (Å²) in [4.78, 5) is 3.55. The van der Waals surface area contributed by atoms with Crippen molar-refractivity contribution in [1.29, 1.82) is 5.26 Å². The summed E-state index contributed by atoms with van der Waals surface area (Å²) in [6.07, 6.45) is 0. The first-order chi connectivity index (χ1) is 3.83. The molecule has 0 spiro atoms. The van der Waals surface area contributed by atoms with Crippen molar-refractivity contribution in [3.8, 4) is 6.07 Å². The van der Waals surface area contributed by atoms with Gasteiger partial charge in [-0.1, -0.05) is 0 Å². The van der Waals surface area contributed by atoms with Crippen LogP contribution in [0.3, 0.4) is 0 Å². The fourth-order valence-corrected chi connectivity index (χ4v) is 0.805. The van der Waals surface area contributed by atoms with Gasteiger partial charge in [-0.2, -0.15) is 5.26 Å². The van der Waals surface area contributed by atoms with E-state index in [0.717, 1.165) is 11.3 Å². The van der Waals surface area contributed by atoms with Crippen LogP contribution in [-0.2, 0) is 0 Å². The lowest BCUT2D eigenvalue weighted by Gasteiger charge is -1.68. The van der Waals surface area contributed by atoms with Gasteiger partial charge >= 0.3 is 0 Å². The zero-order chi connectivity index (χ0) is 5.98. The molecule has 0 fully saturated rings. The molecule has 0 saturated carbocycles. The van der Waals surface area contributed by atoms with Crippen molar-refractivity contribution >= 4 is 16.5 Å². The van der Waals surface area contributed by atoms with Crippen LogP contribution < -0.4 is 5.73 Å². The van der Waals surface area contributed by atoms with Gasteiger partial charge in [0.2, 0.25) is 5.13 Å². The second-order valence-electron chi connectivity index (χ2n) is 1.15. The number of aromatic nitrogens is 1. The van der Waals surface area contributed by atoms with Crippen molar-refractivity contribution in [2.75, 3.05) is 0 Å². The first-order valence-corrected chi connectivity index (χ1v) is 2.78. The van der Waals surface area contributed by atoms with Crippen molar-refractivity contribution in [1.82, 2.24) is 10.7 Å². The average molecular weight is 124 g/mol. The quantitative estimate of drug-likeness (QED) is 0.516. The molecular weight excluding hydrogens is 122 g/mol. The minimum Gasteiger partial charge on any atom is -0.274 e. The Hall–Kier alpha value is -1.08. The summed E-state index contributed by atoms with van der Waals surface area (Å²) < 4.78 is 0. The molecule has 0 atom stereocenters. The lowest BCUT2D eigenvalue weighted by molar-refractivity contribution is 1.29. The Morgan fingerprint density at radius 3 is 2.88 bits per heavy atom. The molecule has 0 bridgehead atoms. The number of nitriles is 1. The number of hydrogen-bond donors (Lipinski definition) is 0. The molecule has 0 aromatic carbocycles. The van der Waals surface area contributed by atoms with Crippen LogP contribution in [0.15, 0.2) is 5.38 Å². The SMILES string of the molecule is N#Cc1csc([NH])n1. The number of thiazole rings is 1. The Morgan fingerprint density at radius 2 is 2.62 bits per heavy atom. The first kappa shape index (κ1) is 5.06. The molecule has 0 amide bonds. The summed E-state index contributed by atoms with van der Waals surface area (Å²) in [7, 11) is 0. The maximum Gasteiger partial charge on any atom is 0.202 e. The third kappa shape index (κ3) is 0.768. The number of rotatable bonds is 0. The smallest absolute Gasteiger partial charge is 0.202 e. The summed E-state index contributed by atoms with van der Waals surface area (Å²) in [5, 5.41) is 9.92. The number of hydrogen-bond acceptors (Lipinski definition) is 3. The molecule has 0 aliphatic heterocycles. The molecule has 4 heteroatoms. The second kappa shape index (κ2) is 1.80. The van der Waals surface area contributed by atoms with E-state index in [4.69, 9.17) is 11.0 Å². The van der Waals surface area contributed by atoms with E-state index in [1.54, 1.807) is 5.38 Å². The monoisotopic (exact) mass is 124 g/mol. The van der Waals surface area contributed by atoms with Crippen LogP contribution >= 0.6 is 11.3 Å². The number of nitrogens with zero attached hydrogens (tertiary/aromatic N) is 2. The topological polar surface area (TPSA) is 60.5 Å². The zero-order valence-corrected chi connectivity index (χ0v) is 4.70. The first-order valence-electron chi connectivity index (χ1n) is 1.90. The van der Waals surface area contributed by atoms with Gasteiger partial charge in [-0.15, -0.1) is 11.3 Å². The molecule has 3 nitrogen and oxygen atoms in total. The highest BCUT2D eigenvalue weighted by atomic mass is 32.1. The van der Waals surface area contributed by atoms with Crippen LogP contribution in [0.4, 0.5) is 5.13 Å². The lowest BCUT2D eigenvalue weighted by atomic mass is 10.6. The highest BCUT2D eigenvalue weighted by molar-refractivity contribution is 7.13. The molecule has 1 rings (SSSR count). The molecule has 1 aromatic rings. The van der Waals surface area contributed by atoms with Crippen LogP contribution in [-0.4, -0.2) is 4.98 Å². The predicted octanol–water partition coefficient (Wildman–Crippen LogP) is 0.929. The minimum absolute atomic E-state index is 0.196. The van der Waals surface area contributed by atoms with E-state index >= 15 is 0 Å². The lowest BCUT2D eigenvalue weighted by Crippen LogP contribution is -1.69. The summed E-state index contributed by atoms with van der Waals surface area (Å²) in [5.74, 6) is 0. The van der Waals surface area contributed by atoms with Gasteiger partial charge in [0.1, 0.15) is 6.07 Å². The van der Waals surface area contributed by atoms with E-state index in [-0.39, 0.29) is 5.13 Å². The third-order valence-corrected chi connectivity index (χ3v) is 1.27. The molecule has 0 aliphatic rings. The van der Waals surface area contributed by atoms with Crippen LogP contribution in [0.1, 0.15) is 5.69 Å². The highest BCUT2D eigenvalue weighted by Gasteiger charge is 1.93. The summed E-state index contributed by atoms with van der Waals surface area (Å²) in [5.41, 5.74) is 7.21. The van der Waals surface area contributed by atoms with Crippen LogP contribution in [0.2, 0.25) is 0 Å². The maximum absolute atomic E-state index is 8.16. The summed E-state index contributed by atoms with van der Waals surface area (Å²) >= 11 is 1.16. The molecule has 1 N–H and O–H groups in total. The van der Waals surface area contributed by atoms with Gasteiger partial charge in [0.05, 0.1) is 0 Å². The molecule has 0 unspecified atom stereocenters. The van der Waals surface area contributed by atoms with E-state index in [1.165, 1.54) is 0 Å². The van der Waals surface area contributed by atoms with E-state index in [9.17, 15) is 0 Å². The standard InChI is InChI=1S/C4H2N3S/c5-1-3-2-8-4(6)7-3/h2,6H. The zero-order valence-electron chi connectivity index (χ0n) is 3.88. The molecule has 1 radical (unpaired) electrons. The van der Waals surface area contributed by atoms with E-state index < -0.39 is 0 Å². The fraction of sp³-hybridized carbons (Fsp3) is 0. The van der Waals surface area contributed by atoms with Gasteiger partial charge < -0.3 is 0 Å². The van der Waals surface area contributed by atoms with Crippen molar-refractivity contribution in [3.63, 3.8) is 0 Å². The Balaban J connectivity index is 3.05. The van der Waals surface area contributed by atoms with Gasteiger partial charge in [-0.25, -0.2) is 4.98 Å². The van der Waals surface area contributed by atoms with E-state index in [1.807, 2.05) is 6.07 Å². The van der Waals surface area contributed by atoms with E-state index in [0.29, 0.717) is 5.69 Å². The summed E-state index contributed by atoms with van der Waals surface area (Å²) in [6.45, 7) is 0. The molecule has 0 saturated heterocycles. The average Bonchev–Trinajstić information content (AvgIpc) is 2.14. The molecule has 1 heterocycles. The molecule has 39 valence electrons. The largest absolute Gasteiger partial charge is 0.274 e. The number of nitrogens with one attached hydrogen (secondary N) is 1. The Bertz CT molecular complexity index is 221. The molecular formula is C4H2N3S. The molecule has 0 aliphatic carbocycles. The van der Waals surface area contributed by atoms with Crippen molar-refractivity contribution in [2.24, 2.45) is 0 Å². The van der Waals surface area contributed by atoms with E-state index in [2.05, 4.69) is 4.98 Å². The van der Waals surface area contributed by atoms with Crippen molar-refractivity contribution < 1.29 is 0 Å². The highest BCUT2D eigenvalue weighted by Crippen LogP contribution is 2.10. The Morgan fingerprint density at radius 1 is 1.88 bits per heavy atom. The van der Waals surface area contributed by atoms with Gasteiger partial charge in [-0.05, 0) is 0 Å². The molecule has 1 aromatic heterocycles. The van der Waals surface area contributed by atoms with Gasteiger partial charge in [-0.3, -0.25) is 5.73 Å². The Labute approximate surface area is 50.4 Å². The van der Waals surface area contributed by atoms with Crippen LogP contribution in [0.5, 0.6) is 0 Å². The van der Waals surface area contributed by atoms with Gasteiger partial charge in [0, 0.05) is 5.38 Å². The minimum atomic E-state index is 0.196. The third-order valence-electron chi connectivity index (χ3n) is 0.619. The van der Waals surface area contributed by atoms with Gasteiger partial charge in [0.15, 0.2) is 5.69 Å². The fourth-order valence-electron chi connectivity index (χ4n) is 0.325. The van der Waals surface area contributed by atoms with Crippen LogP contribution in [0.25, 0.3) is 0 Å². The normalized spacial score (nSPS) is 8.38. The van der Waals surface area contributed by atoms with Crippen molar-refractivity contribution in [2.45, 2.75) is 0 Å². The maximum atomic E-state index is 8.16. The summed E-state index contributed by atoms with van der Waals surface area (Å²) in [6, 6.07) is 1.83. The predicted molar refractivity (Wildman–Crippen MR) is 29.6 cm³/mol. The second-order valence-corrected chi connectivity index (χ2v) is 2.01. The van der Waals surface area contributed by atoms with Crippen molar-refractivity contribution in [3.05, 3.63) is 11.1 Å². The van der Waals surface area contributed by atoms with Gasteiger partial charge in [0.25, 0.3) is 0 Å². The Kier molecular flexibility index (Phi) is 1.14.